The predicted molar refractivity (Wildman–Crippen MR) is 76.5 cm³/mol. The van der Waals surface area contributed by atoms with Crippen LogP contribution in [0.15, 0.2) is 24.3 Å². The molecule has 1 saturated carbocycles. The number of rotatable bonds is 3. The van der Waals surface area contributed by atoms with Crippen LogP contribution in [-0.4, -0.2) is 16.9 Å². The van der Waals surface area contributed by atoms with E-state index in [0.29, 0.717) is 17.4 Å². The highest BCUT2D eigenvalue weighted by Crippen LogP contribution is 2.29. The lowest BCUT2D eigenvalue weighted by Crippen LogP contribution is -2.43. The second-order valence-electron chi connectivity index (χ2n) is 5.65. The van der Waals surface area contributed by atoms with Crippen LogP contribution in [-0.2, 0) is 0 Å². The molecule has 1 aromatic carbocycles. The number of non-ortho nitro benzene ring substituents is 1. The predicted octanol–water partition coefficient (Wildman–Crippen LogP) is 3.15. The maximum atomic E-state index is 12.2. The van der Waals surface area contributed by atoms with Crippen molar-refractivity contribution in [1.82, 2.24) is 5.32 Å². The van der Waals surface area contributed by atoms with Gasteiger partial charge in [0.2, 0.25) is 0 Å². The maximum absolute atomic E-state index is 12.2. The number of nitro groups is 1. The molecule has 1 amide bonds. The van der Waals surface area contributed by atoms with Crippen molar-refractivity contribution in [3.8, 4) is 0 Å². The molecule has 0 aliphatic heterocycles. The number of nitrogens with one attached hydrogen (secondary N) is 1. The van der Waals surface area contributed by atoms with E-state index >= 15 is 0 Å². The summed E-state index contributed by atoms with van der Waals surface area (Å²) in [6.45, 7) is 4.39. The smallest absolute Gasteiger partial charge is 0.269 e. The summed E-state index contributed by atoms with van der Waals surface area (Å²) >= 11 is 0. The molecule has 0 heterocycles. The van der Waals surface area contributed by atoms with Crippen LogP contribution >= 0.6 is 0 Å². The molecule has 1 aliphatic rings. The van der Waals surface area contributed by atoms with Crippen molar-refractivity contribution in [2.75, 3.05) is 0 Å². The molecule has 0 bridgehead atoms. The van der Waals surface area contributed by atoms with E-state index in [2.05, 4.69) is 19.2 Å². The molecule has 0 spiro atoms. The minimum absolute atomic E-state index is 0.00112. The van der Waals surface area contributed by atoms with E-state index in [-0.39, 0.29) is 17.6 Å². The van der Waals surface area contributed by atoms with Gasteiger partial charge in [-0.15, -0.1) is 0 Å². The number of hydrogen-bond donors (Lipinski definition) is 1. The monoisotopic (exact) mass is 276 g/mol. The molecular formula is C15H20N2O3. The first kappa shape index (κ1) is 14.5. The summed E-state index contributed by atoms with van der Waals surface area (Å²) in [4.78, 5) is 22.3. The molecule has 5 heteroatoms. The van der Waals surface area contributed by atoms with Gasteiger partial charge in [0.1, 0.15) is 0 Å². The van der Waals surface area contributed by atoms with Gasteiger partial charge in [-0.2, -0.15) is 0 Å². The summed E-state index contributed by atoms with van der Waals surface area (Å²) in [5.74, 6) is 0.933. The summed E-state index contributed by atoms with van der Waals surface area (Å²) in [7, 11) is 0. The van der Waals surface area contributed by atoms with Gasteiger partial charge in [-0.1, -0.05) is 26.7 Å². The zero-order valence-electron chi connectivity index (χ0n) is 11.8. The minimum Gasteiger partial charge on any atom is -0.349 e. The van der Waals surface area contributed by atoms with E-state index in [1.807, 2.05) is 0 Å². The molecule has 108 valence electrons. The molecule has 2 rings (SSSR count). The Morgan fingerprint density at radius 1 is 1.25 bits per heavy atom. The number of carbonyl (C=O) groups is 1. The van der Waals surface area contributed by atoms with Crippen LogP contribution in [0.3, 0.4) is 0 Å². The fraction of sp³-hybridized carbons (Fsp3) is 0.533. The Labute approximate surface area is 118 Å². The van der Waals surface area contributed by atoms with Crippen LogP contribution in [0.2, 0.25) is 0 Å². The van der Waals surface area contributed by atoms with Gasteiger partial charge in [-0.25, -0.2) is 0 Å². The number of benzene rings is 1. The molecule has 0 aromatic heterocycles. The summed E-state index contributed by atoms with van der Waals surface area (Å²) in [5.41, 5.74) is 0.474. The Kier molecular flexibility index (Phi) is 4.37. The standard InChI is InChI=1S/C15H20N2O3/c1-10-4-3-5-14(11(10)2)16-15(18)12-6-8-13(9-7-12)17(19)20/h6-11,14H,3-5H2,1-2H3,(H,16,18)/t10-,11+,14-/m1/s1. The third-order valence-electron chi connectivity index (χ3n) is 4.36. The molecule has 1 fully saturated rings. The van der Waals surface area contributed by atoms with Crippen molar-refractivity contribution in [2.24, 2.45) is 11.8 Å². The van der Waals surface area contributed by atoms with Gasteiger partial charge >= 0.3 is 0 Å². The van der Waals surface area contributed by atoms with Crippen molar-refractivity contribution in [3.05, 3.63) is 39.9 Å². The Bertz CT molecular complexity index is 498. The summed E-state index contributed by atoms with van der Waals surface area (Å²) in [6.07, 6.45) is 3.35. The number of carbonyl (C=O) groups excluding carboxylic acids is 1. The molecule has 3 atom stereocenters. The van der Waals surface area contributed by atoms with Crippen LogP contribution in [0, 0.1) is 22.0 Å². The van der Waals surface area contributed by atoms with Gasteiger partial charge in [-0.05, 0) is 30.4 Å². The molecular weight excluding hydrogens is 256 g/mol. The van der Waals surface area contributed by atoms with E-state index in [0.717, 1.165) is 12.8 Å². The Hall–Kier alpha value is -1.91. The van der Waals surface area contributed by atoms with E-state index in [4.69, 9.17) is 0 Å². The van der Waals surface area contributed by atoms with Crippen molar-refractivity contribution < 1.29 is 9.72 Å². The number of amides is 1. The fourth-order valence-corrected chi connectivity index (χ4v) is 2.77. The molecule has 1 aromatic rings. The van der Waals surface area contributed by atoms with E-state index in [9.17, 15) is 14.9 Å². The first-order valence-corrected chi connectivity index (χ1v) is 7.04. The molecule has 0 unspecified atom stereocenters. The highest BCUT2D eigenvalue weighted by molar-refractivity contribution is 5.94. The molecule has 5 nitrogen and oxygen atoms in total. The van der Waals surface area contributed by atoms with Crippen LogP contribution in [0.4, 0.5) is 5.69 Å². The quantitative estimate of drug-likeness (QED) is 0.681. The Balaban J connectivity index is 2.02. The lowest BCUT2D eigenvalue weighted by Gasteiger charge is -2.34. The number of nitrogens with zero attached hydrogens (tertiary/aromatic N) is 1. The normalized spacial score (nSPS) is 26.0. The van der Waals surface area contributed by atoms with Gasteiger partial charge in [0, 0.05) is 23.7 Å². The van der Waals surface area contributed by atoms with Gasteiger partial charge in [-0.3, -0.25) is 14.9 Å². The Morgan fingerprint density at radius 2 is 1.90 bits per heavy atom. The van der Waals surface area contributed by atoms with Crippen molar-refractivity contribution in [2.45, 2.75) is 39.2 Å². The molecule has 0 radical (unpaired) electrons. The molecule has 1 N–H and O–H groups in total. The number of nitro benzene ring substituents is 1. The summed E-state index contributed by atoms with van der Waals surface area (Å²) in [6, 6.07) is 5.93. The SMILES string of the molecule is C[C@H]1[C@H](C)CCC[C@H]1NC(=O)c1ccc([N+](=O)[O-])cc1. The molecule has 0 saturated heterocycles. The number of hydrogen-bond acceptors (Lipinski definition) is 3. The first-order chi connectivity index (χ1) is 9.49. The van der Waals surface area contributed by atoms with E-state index in [1.165, 1.54) is 30.7 Å². The third kappa shape index (κ3) is 3.15. The van der Waals surface area contributed by atoms with Crippen LogP contribution in [0.25, 0.3) is 0 Å². The summed E-state index contributed by atoms with van der Waals surface area (Å²) in [5, 5.41) is 13.6. The largest absolute Gasteiger partial charge is 0.349 e. The average Bonchev–Trinajstić information content (AvgIpc) is 2.44. The topological polar surface area (TPSA) is 72.2 Å². The lowest BCUT2D eigenvalue weighted by atomic mass is 9.78. The highest BCUT2D eigenvalue weighted by atomic mass is 16.6. The zero-order valence-corrected chi connectivity index (χ0v) is 11.8. The molecule has 1 aliphatic carbocycles. The molecule has 20 heavy (non-hydrogen) atoms. The van der Waals surface area contributed by atoms with E-state index < -0.39 is 4.92 Å². The van der Waals surface area contributed by atoms with Gasteiger partial charge in [0.25, 0.3) is 11.6 Å². The lowest BCUT2D eigenvalue weighted by molar-refractivity contribution is -0.384. The first-order valence-electron chi connectivity index (χ1n) is 7.04. The average molecular weight is 276 g/mol. The van der Waals surface area contributed by atoms with Crippen molar-refractivity contribution in [1.29, 1.82) is 0 Å². The van der Waals surface area contributed by atoms with Gasteiger partial charge < -0.3 is 5.32 Å². The highest BCUT2D eigenvalue weighted by Gasteiger charge is 2.28. The fourth-order valence-electron chi connectivity index (χ4n) is 2.77. The van der Waals surface area contributed by atoms with Crippen LogP contribution < -0.4 is 5.32 Å². The zero-order chi connectivity index (χ0) is 14.7. The minimum atomic E-state index is -0.466. The van der Waals surface area contributed by atoms with E-state index in [1.54, 1.807) is 0 Å². The third-order valence-corrected chi connectivity index (χ3v) is 4.36. The Morgan fingerprint density at radius 3 is 2.50 bits per heavy atom. The second kappa shape index (κ2) is 6.03. The van der Waals surface area contributed by atoms with Gasteiger partial charge in [0.05, 0.1) is 4.92 Å². The summed E-state index contributed by atoms with van der Waals surface area (Å²) < 4.78 is 0. The van der Waals surface area contributed by atoms with Crippen LogP contribution in [0.1, 0.15) is 43.5 Å². The van der Waals surface area contributed by atoms with Crippen molar-refractivity contribution in [3.63, 3.8) is 0 Å². The van der Waals surface area contributed by atoms with Crippen molar-refractivity contribution >= 4 is 11.6 Å². The second-order valence-corrected chi connectivity index (χ2v) is 5.65. The van der Waals surface area contributed by atoms with Crippen LogP contribution in [0.5, 0.6) is 0 Å². The maximum Gasteiger partial charge on any atom is 0.269 e. The van der Waals surface area contributed by atoms with Gasteiger partial charge in [0.15, 0.2) is 0 Å².